The lowest BCUT2D eigenvalue weighted by molar-refractivity contribution is -0.138. The van der Waals surface area contributed by atoms with Crippen molar-refractivity contribution in [3.8, 4) is 0 Å². The van der Waals surface area contributed by atoms with Crippen LogP contribution in [0.3, 0.4) is 0 Å². The van der Waals surface area contributed by atoms with Gasteiger partial charge in [0.05, 0.1) is 0 Å². The summed E-state index contributed by atoms with van der Waals surface area (Å²) in [6.07, 6.45) is 46.8. The van der Waals surface area contributed by atoms with Crippen molar-refractivity contribution in [2.24, 2.45) is 0 Å². The summed E-state index contributed by atoms with van der Waals surface area (Å²) in [5.41, 5.74) is 0. The van der Waals surface area contributed by atoms with Gasteiger partial charge in [0.1, 0.15) is 0 Å². The minimum absolute atomic E-state index is 0.319. The predicted molar refractivity (Wildman–Crippen MR) is 174 cm³/mol. The Labute approximate surface area is 246 Å². The number of unbranched alkanes of at least 4 members (excludes halogenated alkanes) is 10. The van der Waals surface area contributed by atoms with Gasteiger partial charge < -0.3 is 10.2 Å². The summed E-state index contributed by atoms with van der Waals surface area (Å²) in [6.45, 7) is 4.30. The first-order valence-corrected chi connectivity index (χ1v) is 15.9. The molecular formula is C36H60O4. The first-order chi connectivity index (χ1) is 19.5. The molecule has 0 spiro atoms. The Morgan fingerprint density at radius 3 is 1.00 bits per heavy atom. The topological polar surface area (TPSA) is 74.6 Å². The Bertz CT molecular complexity index is 663. The smallest absolute Gasteiger partial charge is 0.303 e. The van der Waals surface area contributed by atoms with Gasteiger partial charge in [0.25, 0.3) is 0 Å². The molecule has 228 valence electrons. The summed E-state index contributed by atoms with van der Waals surface area (Å²) < 4.78 is 0. The fourth-order valence-corrected chi connectivity index (χ4v) is 3.79. The van der Waals surface area contributed by atoms with Crippen molar-refractivity contribution in [2.45, 2.75) is 142 Å². The second-order valence-electron chi connectivity index (χ2n) is 9.99. The summed E-state index contributed by atoms with van der Waals surface area (Å²) in [5, 5.41) is 17.0. The van der Waals surface area contributed by atoms with Crippen molar-refractivity contribution >= 4 is 11.9 Å². The molecule has 0 bridgehead atoms. The molecule has 0 fully saturated rings. The molecule has 0 radical (unpaired) electrons. The van der Waals surface area contributed by atoms with Gasteiger partial charge in [-0.15, -0.1) is 0 Å². The molecule has 0 aliphatic carbocycles. The van der Waals surface area contributed by atoms with Crippen molar-refractivity contribution < 1.29 is 19.8 Å². The van der Waals surface area contributed by atoms with Gasteiger partial charge in [0.2, 0.25) is 0 Å². The van der Waals surface area contributed by atoms with Crippen molar-refractivity contribution in [1.82, 2.24) is 0 Å². The highest BCUT2D eigenvalue weighted by Gasteiger charge is 1.96. The highest BCUT2D eigenvalue weighted by atomic mass is 16.4. The summed E-state index contributed by atoms with van der Waals surface area (Å²) in [4.78, 5) is 20.6. The van der Waals surface area contributed by atoms with E-state index in [1.54, 1.807) is 0 Å². The molecule has 2 N–H and O–H groups in total. The van der Waals surface area contributed by atoms with E-state index in [1.165, 1.54) is 25.7 Å². The van der Waals surface area contributed by atoms with E-state index < -0.39 is 11.9 Å². The fraction of sp³-hybridized carbons (Fsp3) is 0.611. The van der Waals surface area contributed by atoms with Crippen LogP contribution in [-0.4, -0.2) is 22.2 Å². The Morgan fingerprint density at radius 1 is 0.400 bits per heavy atom. The van der Waals surface area contributed by atoms with Crippen molar-refractivity contribution in [2.75, 3.05) is 0 Å². The van der Waals surface area contributed by atoms with Crippen LogP contribution >= 0.6 is 0 Å². The van der Waals surface area contributed by atoms with E-state index in [0.29, 0.717) is 12.8 Å². The first kappa shape index (κ1) is 39.5. The minimum atomic E-state index is -0.675. The number of carboxylic acids is 2. The normalized spacial score (nSPS) is 12.1. The molecule has 0 aromatic rings. The van der Waals surface area contributed by atoms with Gasteiger partial charge in [-0.3, -0.25) is 9.59 Å². The van der Waals surface area contributed by atoms with Crippen LogP contribution < -0.4 is 0 Å². The predicted octanol–water partition coefficient (Wildman–Crippen LogP) is 11.3. The van der Waals surface area contributed by atoms with Gasteiger partial charge in [-0.05, 0) is 77.0 Å². The van der Waals surface area contributed by atoms with Crippen molar-refractivity contribution in [1.29, 1.82) is 0 Å². The zero-order valence-electron chi connectivity index (χ0n) is 25.8. The van der Waals surface area contributed by atoms with Crippen LogP contribution in [0.15, 0.2) is 72.9 Å². The van der Waals surface area contributed by atoms with E-state index >= 15 is 0 Å². The average Bonchev–Trinajstić information content (AvgIpc) is 2.93. The molecule has 0 heterocycles. The molecule has 0 amide bonds. The van der Waals surface area contributed by atoms with Crippen molar-refractivity contribution in [3.63, 3.8) is 0 Å². The maximum Gasteiger partial charge on any atom is 0.303 e. The standard InChI is InChI=1S/2C18H30O2/c2*1-2-3-4-5-6-7-8-9-10-11-12-13-14-15-16-17-18(19)20/h2*3-4,6-7,9-10H,2,5,8,11-17H2,1H3,(H,19,20)/b2*4-3-,7-6-,10-9-. The SMILES string of the molecule is CC/C=C\C/C=C\C/C=C\CCCCCCCC(=O)O.CC/C=C\C/C=C\C/C=C\CCCCCCCC(=O)O. The third-order valence-corrected chi connectivity index (χ3v) is 6.08. The fourth-order valence-electron chi connectivity index (χ4n) is 3.79. The monoisotopic (exact) mass is 556 g/mol. The summed E-state index contributed by atoms with van der Waals surface area (Å²) in [5.74, 6) is -1.35. The van der Waals surface area contributed by atoms with E-state index in [0.717, 1.165) is 89.9 Å². The Kier molecular flexibility index (Phi) is 35.9. The molecule has 0 aliphatic rings. The van der Waals surface area contributed by atoms with E-state index in [9.17, 15) is 9.59 Å². The Balaban J connectivity index is 0. The van der Waals surface area contributed by atoms with Crippen LogP contribution in [0.25, 0.3) is 0 Å². The molecule has 40 heavy (non-hydrogen) atoms. The summed E-state index contributed by atoms with van der Waals surface area (Å²) in [6, 6.07) is 0. The zero-order chi connectivity index (χ0) is 29.8. The van der Waals surface area contributed by atoms with Crippen LogP contribution in [0.1, 0.15) is 142 Å². The van der Waals surface area contributed by atoms with E-state index in [4.69, 9.17) is 10.2 Å². The second-order valence-corrected chi connectivity index (χ2v) is 9.99. The number of hydrogen-bond acceptors (Lipinski definition) is 2. The number of aliphatic carboxylic acids is 2. The summed E-state index contributed by atoms with van der Waals surface area (Å²) >= 11 is 0. The van der Waals surface area contributed by atoms with E-state index in [1.807, 2.05) is 0 Å². The number of allylic oxidation sites excluding steroid dienone is 12. The van der Waals surface area contributed by atoms with Crippen LogP contribution in [0.5, 0.6) is 0 Å². The first-order valence-electron chi connectivity index (χ1n) is 15.9. The quantitative estimate of drug-likeness (QED) is 0.0820. The Hall–Kier alpha value is -2.62. The molecule has 0 aromatic heterocycles. The third kappa shape index (κ3) is 42.5. The molecule has 0 aliphatic heterocycles. The van der Waals surface area contributed by atoms with Crippen LogP contribution in [0.4, 0.5) is 0 Å². The van der Waals surface area contributed by atoms with Crippen LogP contribution in [-0.2, 0) is 9.59 Å². The molecule has 0 saturated carbocycles. The molecule has 4 heteroatoms. The molecule has 4 nitrogen and oxygen atoms in total. The molecular weight excluding hydrogens is 496 g/mol. The maximum absolute atomic E-state index is 10.3. The number of carbonyl (C=O) groups is 2. The Morgan fingerprint density at radius 2 is 0.675 bits per heavy atom. The minimum Gasteiger partial charge on any atom is -0.481 e. The summed E-state index contributed by atoms with van der Waals surface area (Å²) in [7, 11) is 0. The van der Waals surface area contributed by atoms with Gasteiger partial charge in [-0.25, -0.2) is 0 Å². The van der Waals surface area contributed by atoms with Crippen LogP contribution in [0.2, 0.25) is 0 Å². The number of hydrogen-bond donors (Lipinski definition) is 2. The highest BCUT2D eigenvalue weighted by Crippen LogP contribution is 2.09. The lowest BCUT2D eigenvalue weighted by Crippen LogP contribution is -1.93. The molecule has 0 saturated heterocycles. The third-order valence-electron chi connectivity index (χ3n) is 6.08. The second kappa shape index (κ2) is 36.4. The number of carboxylic acid groups (broad SMARTS) is 2. The maximum atomic E-state index is 10.3. The molecule has 0 aromatic carbocycles. The van der Waals surface area contributed by atoms with Gasteiger partial charge >= 0.3 is 11.9 Å². The zero-order valence-corrected chi connectivity index (χ0v) is 25.8. The van der Waals surface area contributed by atoms with Gasteiger partial charge in [0, 0.05) is 12.8 Å². The molecule has 0 rings (SSSR count). The van der Waals surface area contributed by atoms with Crippen LogP contribution in [0, 0.1) is 0 Å². The lowest BCUT2D eigenvalue weighted by Gasteiger charge is -1.98. The van der Waals surface area contributed by atoms with Gasteiger partial charge in [-0.2, -0.15) is 0 Å². The molecule has 0 unspecified atom stereocenters. The molecule has 0 atom stereocenters. The van der Waals surface area contributed by atoms with Crippen molar-refractivity contribution in [3.05, 3.63) is 72.9 Å². The average molecular weight is 557 g/mol. The van der Waals surface area contributed by atoms with Gasteiger partial charge in [0.15, 0.2) is 0 Å². The lowest BCUT2D eigenvalue weighted by atomic mass is 10.1. The number of rotatable bonds is 26. The van der Waals surface area contributed by atoms with E-state index in [2.05, 4.69) is 86.8 Å². The largest absolute Gasteiger partial charge is 0.481 e. The van der Waals surface area contributed by atoms with E-state index in [-0.39, 0.29) is 0 Å². The highest BCUT2D eigenvalue weighted by molar-refractivity contribution is 5.66. The van der Waals surface area contributed by atoms with Gasteiger partial charge in [-0.1, -0.05) is 125 Å².